The van der Waals surface area contributed by atoms with Crippen LogP contribution in [0.2, 0.25) is 0 Å². The summed E-state index contributed by atoms with van der Waals surface area (Å²) in [4.78, 5) is 24.3. The maximum atomic E-state index is 12.2. The molecule has 1 aromatic carbocycles. The summed E-state index contributed by atoms with van der Waals surface area (Å²) in [6.45, 7) is 2.94. The number of aliphatic hydroxyl groups excluding tert-OH is 1. The molecule has 0 bridgehead atoms. The third kappa shape index (κ3) is 12.6. The fourth-order valence-electron chi connectivity index (χ4n) is 2.80. The largest absolute Gasteiger partial charge is 0.394 e. The molecule has 1 atom stereocenters. The van der Waals surface area contributed by atoms with Crippen LogP contribution >= 0.6 is 0 Å². The summed E-state index contributed by atoms with van der Waals surface area (Å²) in [5.74, 6) is -0.756. The van der Waals surface area contributed by atoms with Crippen molar-refractivity contribution in [1.29, 1.82) is 5.41 Å². The molecule has 0 unspecified atom stereocenters. The summed E-state index contributed by atoms with van der Waals surface area (Å²) in [5.41, 5.74) is 12.6. The van der Waals surface area contributed by atoms with Crippen LogP contribution in [0.4, 0.5) is 0 Å². The number of aryl methyl sites for hydroxylation is 1. The van der Waals surface area contributed by atoms with Gasteiger partial charge in [-0.05, 0) is 56.4 Å². The average Bonchev–Trinajstić information content (AvgIpc) is 2.76. The Bertz CT molecular complexity index is 667. The van der Waals surface area contributed by atoms with Gasteiger partial charge in [0.1, 0.15) is 6.04 Å². The van der Waals surface area contributed by atoms with Crippen molar-refractivity contribution in [2.75, 3.05) is 32.8 Å². The number of amides is 2. The molecule has 0 fully saturated rings. The topological polar surface area (TPSA) is 178 Å². The molecule has 31 heavy (non-hydrogen) atoms. The zero-order valence-electron chi connectivity index (χ0n) is 18.1. The van der Waals surface area contributed by atoms with Gasteiger partial charge in [-0.1, -0.05) is 24.3 Å². The first-order valence-corrected chi connectivity index (χ1v) is 10.7. The molecule has 0 spiro atoms. The lowest BCUT2D eigenvalue weighted by Crippen LogP contribution is -2.49. The summed E-state index contributed by atoms with van der Waals surface area (Å²) >= 11 is 0. The predicted molar refractivity (Wildman–Crippen MR) is 121 cm³/mol. The lowest BCUT2D eigenvalue weighted by Gasteiger charge is -2.16. The van der Waals surface area contributed by atoms with Crippen molar-refractivity contribution >= 4 is 17.8 Å². The van der Waals surface area contributed by atoms with Crippen molar-refractivity contribution in [2.24, 2.45) is 11.5 Å². The van der Waals surface area contributed by atoms with Gasteiger partial charge >= 0.3 is 0 Å². The van der Waals surface area contributed by atoms with E-state index in [0.29, 0.717) is 26.1 Å². The number of rotatable bonds is 16. The van der Waals surface area contributed by atoms with Gasteiger partial charge in [-0.15, -0.1) is 0 Å². The van der Waals surface area contributed by atoms with E-state index in [4.69, 9.17) is 16.9 Å². The highest BCUT2D eigenvalue weighted by Crippen LogP contribution is 2.07. The molecule has 174 valence electrons. The third-order valence-electron chi connectivity index (χ3n) is 4.62. The second kappa shape index (κ2) is 16.1. The Labute approximate surface area is 184 Å². The van der Waals surface area contributed by atoms with E-state index in [1.165, 1.54) is 0 Å². The molecule has 10 nitrogen and oxygen atoms in total. The van der Waals surface area contributed by atoms with Crippen molar-refractivity contribution in [3.05, 3.63) is 35.4 Å². The van der Waals surface area contributed by atoms with Crippen LogP contribution in [0.25, 0.3) is 0 Å². The number of nitrogens with two attached hydrogens (primary N) is 2. The number of benzene rings is 1. The van der Waals surface area contributed by atoms with Crippen molar-refractivity contribution in [2.45, 2.75) is 44.7 Å². The molecule has 0 aliphatic heterocycles. The smallest absolute Gasteiger partial charge is 0.244 e. The van der Waals surface area contributed by atoms with Crippen LogP contribution in [0.3, 0.4) is 0 Å². The highest BCUT2D eigenvalue weighted by molar-refractivity contribution is 5.87. The molecule has 0 aromatic heterocycles. The van der Waals surface area contributed by atoms with E-state index >= 15 is 0 Å². The van der Waals surface area contributed by atoms with Crippen molar-refractivity contribution in [3.63, 3.8) is 0 Å². The fourth-order valence-corrected chi connectivity index (χ4v) is 2.80. The molecule has 10 heteroatoms. The number of nitrogens with one attached hydrogen (secondary N) is 5. The standard InChI is InChI=1S/C21H37N7O3/c22-10-3-12-25-11-1-2-13-26-20(31)18(15-29)28-19(30)9-8-16-4-6-17(7-5-16)14-27-21(23)24/h4-7,18,25,29H,1-3,8-15,22H2,(H,26,31)(H,28,30)(H4,23,24,27)/t18-/m0/s1. The maximum absolute atomic E-state index is 12.2. The SMILES string of the molecule is N=C(N)NCc1ccc(CCC(=O)N[C@@H](CO)C(=O)NCCCCNCCCN)cc1. The highest BCUT2D eigenvalue weighted by Gasteiger charge is 2.19. The van der Waals surface area contributed by atoms with Gasteiger partial charge in [0, 0.05) is 19.5 Å². The van der Waals surface area contributed by atoms with Crippen LogP contribution in [-0.4, -0.2) is 61.7 Å². The van der Waals surface area contributed by atoms with Crippen LogP contribution in [-0.2, 0) is 22.6 Å². The summed E-state index contributed by atoms with van der Waals surface area (Å²) in [5, 5.41) is 27.9. The van der Waals surface area contributed by atoms with E-state index in [1.807, 2.05) is 24.3 Å². The van der Waals surface area contributed by atoms with Crippen LogP contribution in [0.15, 0.2) is 24.3 Å². The van der Waals surface area contributed by atoms with Gasteiger partial charge in [0.2, 0.25) is 11.8 Å². The van der Waals surface area contributed by atoms with Gasteiger partial charge in [-0.3, -0.25) is 15.0 Å². The minimum absolute atomic E-state index is 0.0847. The number of carbonyl (C=O) groups excluding carboxylic acids is 2. The second-order valence-corrected chi connectivity index (χ2v) is 7.28. The lowest BCUT2D eigenvalue weighted by molar-refractivity contribution is -0.130. The quantitative estimate of drug-likeness (QED) is 0.0923. The Morgan fingerprint density at radius 3 is 2.29 bits per heavy atom. The normalized spacial score (nSPS) is 11.5. The third-order valence-corrected chi connectivity index (χ3v) is 4.62. The van der Waals surface area contributed by atoms with Crippen molar-refractivity contribution in [3.8, 4) is 0 Å². The first-order valence-electron chi connectivity index (χ1n) is 10.7. The Morgan fingerprint density at radius 2 is 1.65 bits per heavy atom. The molecule has 0 aliphatic rings. The number of hydrogen-bond acceptors (Lipinski definition) is 6. The van der Waals surface area contributed by atoms with E-state index < -0.39 is 12.6 Å². The Balaban J connectivity index is 2.25. The van der Waals surface area contributed by atoms with Crippen LogP contribution < -0.4 is 32.7 Å². The molecule has 0 saturated carbocycles. The molecular formula is C21H37N7O3. The van der Waals surface area contributed by atoms with Gasteiger partial charge < -0.3 is 37.8 Å². The minimum atomic E-state index is -0.949. The molecule has 1 rings (SSSR count). The zero-order chi connectivity index (χ0) is 22.9. The average molecular weight is 436 g/mol. The van der Waals surface area contributed by atoms with E-state index in [2.05, 4.69) is 21.3 Å². The van der Waals surface area contributed by atoms with Gasteiger partial charge in [0.15, 0.2) is 5.96 Å². The van der Waals surface area contributed by atoms with Crippen molar-refractivity contribution in [1.82, 2.24) is 21.3 Å². The first kappa shape index (κ1) is 26.3. The molecule has 10 N–H and O–H groups in total. The van der Waals surface area contributed by atoms with Crippen molar-refractivity contribution < 1.29 is 14.7 Å². The van der Waals surface area contributed by atoms with E-state index in [9.17, 15) is 14.7 Å². The monoisotopic (exact) mass is 435 g/mol. The second-order valence-electron chi connectivity index (χ2n) is 7.28. The lowest BCUT2D eigenvalue weighted by atomic mass is 10.1. The van der Waals surface area contributed by atoms with Crippen LogP contribution in [0.1, 0.15) is 36.8 Å². The van der Waals surface area contributed by atoms with Crippen LogP contribution in [0, 0.1) is 5.41 Å². The van der Waals surface area contributed by atoms with Crippen LogP contribution in [0.5, 0.6) is 0 Å². The van der Waals surface area contributed by atoms with Gasteiger partial charge in [-0.2, -0.15) is 0 Å². The number of carbonyl (C=O) groups is 2. The van der Waals surface area contributed by atoms with E-state index in [-0.39, 0.29) is 24.2 Å². The Morgan fingerprint density at radius 1 is 1.00 bits per heavy atom. The number of unbranched alkanes of at least 4 members (excludes halogenated alkanes) is 1. The fraction of sp³-hybridized carbons (Fsp3) is 0.571. The zero-order valence-corrected chi connectivity index (χ0v) is 18.1. The first-order chi connectivity index (χ1) is 15.0. The molecule has 0 heterocycles. The molecule has 0 aliphatic carbocycles. The summed E-state index contributed by atoms with van der Waals surface area (Å²) in [6.07, 6.45) is 3.40. The summed E-state index contributed by atoms with van der Waals surface area (Å²) in [6, 6.07) is 6.68. The molecule has 0 saturated heterocycles. The molecule has 2 amide bonds. The number of hydrogen-bond donors (Lipinski definition) is 8. The predicted octanol–water partition coefficient (Wildman–Crippen LogP) is -1.09. The minimum Gasteiger partial charge on any atom is -0.394 e. The Kier molecular flexibility index (Phi) is 13.6. The summed E-state index contributed by atoms with van der Waals surface area (Å²) in [7, 11) is 0. The van der Waals surface area contributed by atoms with E-state index in [0.717, 1.165) is 43.5 Å². The van der Waals surface area contributed by atoms with E-state index in [1.54, 1.807) is 0 Å². The van der Waals surface area contributed by atoms with Gasteiger partial charge in [0.05, 0.1) is 6.61 Å². The highest BCUT2D eigenvalue weighted by atomic mass is 16.3. The van der Waals surface area contributed by atoms with Gasteiger partial charge in [-0.25, -0.2) is 0 Å². The van der Waals surface area contributed by atoms with Gasteiger partial charge in [0.25, 0.3) is 0 Å². The maximum Gasteiger partial charge on any atom is 0.244 e. The Hall–Kier alpha value is -2.69. The number of guanidine groups is 1. The molecule has 1 aromatic rings. The molecule has 0 radical (unpaired) electrons. The number of aliphatic hydroxyl groups is 1. The summed E-state index contributed by atoms with van der Waals surface area (Å²) < 4.78 is 0. The molecular weight excluding hydrogens is 398 g/mol.